The SMILES string of the molecule is CCN1CCC(CNc2cc(N)cc(Cl)n2)C1. The molecule has 1 aliphatic heterocycles. The molecule has 0 aromatic carbocycles. The van der Waals surface area contributed by atoms with Crippen LogP contribution in [-0.4, -0.2) is 36.1 Å². The Morgan fingerprint density at radius 1 is 1.59 bits per heavy atom. The second-order valence-electron chi connectivity index (χ2n) is 4.54. The Morgan fingerprint density at radius 2 is 2.41 bits per heavy atom. The van der Waals surface area contributed by atoms with Gasteiger partial charge in [0.25, 0.3) is 0 Å². The number of aromatic nitrogens is 1. The first-order valence-corrected chi connectivity index (χ1v) is 6.44. The highest BCUT2D eigenvalue weighted by molar-refractivity contribution is 6.29. The van der Waals surface area contributed by atoms with Crippen LogP contribution in [0.5, 0.6) is 0 Å². The normalized spacial score (nSPS) is 20.7. The van der Waals surface area contributed by atoms with E-state index in [0.29, 0.717) is 16.8 Å². The van der Waals surface area contributed by atoms with E-state index in [1.807, 2.05) is 6.07 Å². The summed E-state index contributed by atoms with van der Waals surface area (Å²) in [5.74, 6) is 1.46. The number of halogens is 1. The molecule has 0 aliphatic carbocycles. The number of nitrogens with one attached hydrogen (secondary N) is 1. The van der Waals surface area contributed by atoms with Crippen LogP contribution in [0.1, 0.15) is 13.3 Å². The van der Waals surface area contributed by atoms with E-state index in [0.717, 1.165) is 18.9 Å². The van der Waals surface area contributed by atoms with Crippen LogP contribution >= 0.6 is 11.6 Å². The topological polar surface area (TPSA) is 54.2 Å². The van der Waals surface area contributed by atoms with Crippen molar-refractivity contribution in [1.82, 2.24) is 9.88 Å². The summed E-state index contributed by atoms with van der Waals surface area (Å²) in [6.07, 6.45) is 1.25. The van der Waals surface area contributed by atoms with Gasteiger partial charge >= 0.3 is 0 Å². The molecule has 0 radical (unpaired) electrons. The number of anilines is 2. The summed E-state index contributed by atoms with van der Waals surface area (Å²) in [7, 11) is 0. The van der Waals surface area contributed by atoms with Crippen LogP contribution < -0.4 is 11.1 Å². The standard InChI is InChI=1S/C12H19ClN4/c1-2-17-4-3-9(8-17)7-15-12-6-10(14)5-11(13)16-12/h5-6,9H,2-4,7-8H2,1H3,(H3,14,15,16). The maximum Gasteiger partial charge on any atom is 0.133 e. The number of nitrogens with two attached hydrogens (primary N) is 1. The summed E-state index contributed by atoms with van der Waals surface area (Å²) in [6, 6.07) is 3.47. The number of pyridine rings is 1. The highest BCUT2D eigenvalue weighted by Gasteiger charge is 2.20. The monoisotopic (exact) mass is 254 g/mol. The van der Waals surface area contributed by atoms with Crippen molar-refractivity contribution in [1.29, 1.82) is 0 Å². The van der Waals surface area contributed by atoms with Crippen LogP contribution in [-0.2, 0) is 0 Å². The average molecular weight is 255 g/mol. The summed E-state index contributed by atoms with van der Waals surface area (Å²) in [5, 5.41) is 3.75. The van der Waals surface area contributed by atoms with Crippen LogP contribution in [0.4, 0.5) is 11.5 Å². The van der Waals surface area contributed by atoms with Gasteiger partial charge in [-0.25, -0.2) is 4.98 Å². The van der Waals surface area contributed by atoms with E-state index in [9.17, 15) is 0 Å². The van der Waals surface area contributed by atoms with Crippen LogP contribution in [0.2, 0.25) is 5.15 Å². The predicted molar refractivity (Wildman–Crippen MR) is 72.4 cm³/mol. The highest BCUT2D eigenvalue weighted by atomic mass is 35.5. The molecule has 1 fully saturated rings. The molecule has 94 valence electrons. The Labute approximate surface area is 107 Å². The number of nitrogen functional groups attached to an aromatic ring is 1. The average Bonchev–Trinajstić information content (AvgIpc) is 2.73. The van der Waals surface area contributed by atoms with Gasteiger partial charge in [0, 0.05) is 24.8 Å². The molecule has 1 saturated heterocycles. The molecule has 1 aromatic heterocycles. The second-order valence-corrected chi connectivity index (χ2v) is 4.92. The van der Waals surface area contributed by atoms with Gasteiger partial charge in [0.05, 0.1) is 0 Å². The van der Waals surface area contributed by atoms with E-state index in [1.54, 1.807) is 6.07 Å². The molecule has 5 heteroatoms. The van der Waals surface area contributed by atoms with Crippen molar-refractivity contribution in [2.24, 2.45) is 5.92 Å². The van der Waals surface area contributed by atoms with Gasteiger partial charge in [0.2, 0.25) is 0 Å². The van der Waals surface area contributed by atoms with Gasteiger partial charge in [-0.15, -0.1) is 0 Å². The lowest BCUT2D eigenvalue weighted by Gasteiger charge is -2.14. The van der Waals surface area contributed by atoms with Crippen molar-refractivity contribution < 1.29 is 0 Å². The van der Waals surface area contributed by atoms with E-state index < -0.39 is 0 Å². The Bertz CT molecular complexity index is 363. The molecule has 3 N–H and O–H groups in total. The smallest absolute Gasteiger partial charge is 0.133 e. The zero-order valence-electron chi connectivity index (χ0n) is 10.1. The van der Waals surface area contributed by atoms with Gasteiger partial charge in [-0.3, -0.25) is 0 Å². The number of likely N-dealkylation sites (tertiary alicyclic amines) is 1. The molecule has 1 aliphatic rings. The lowest BCUT2D eigenvalue weighted by atomic mass is 10.1. The first kappa shape index (κ1) is 12.5. The molecule has 0 bridgehead atoms. The summed E-state index contributed by atoms with van der Waals surface area (Å²) in [6.45, 7) is 6.64. The fourth-order valence-corrected chi connectivity index (χ4v) is 2.44. The second kappa shape index (κ2) is 5.56. The first-order chi connectivity index (χ1) is 8.17. The summed E-state index contributed by atoms with van der Waals surface area (Å²) >= 11 is 5.85. The van der Waals surface area contributed by atoms with E-state index >= 15 is 0 Å². The maximum absolute atomic E-state index is 5.85. The predicted octanol–water partition coefficient (Wildman–Crippen LogP) is 2.07. The van der Waals surface area contributed by atoms with E-state index in [1.165, 1.54) is 19.5 Å². The molecule has 1 atom stereocenters. The van der Waals surface area contributed by atoms with Crippen molar-refractivity contribution in [3.63, 3.8) is 0 Å². The molecule has 0 amide bonds. The third-order valence-electron chi connectivity index (χ3n) is 3.21. The van der Waals surface area contributed by atoms with Crippen molar-refractivity contribution in [2.45, 2.75) is 13.3 Å². The quantitative estimate of drug-likeness (QED) is 0.808. The largest absolute Gasteiger partial charge is 0.399 e. The lowest BCUT2D eigenvalue weighted by Crippen LogP contribution is -2.22. The molecule has 17 heavy (non-hydrogen) atoms. The zero-order chi connectivity index (χ0) is 12.3. The van der Waals surface area contributed by atoms with Crippen molar-refractivity contribution in [2.75, 3.05) is 37.2 Å². The van der Waals surface area contributed by atoms with Crippen LogP contribution in [0.3, 0.4) is 0 Å². The summed E-state index contributed by atoms with van der Waals surface area (Å²) in [4.78, 5) is 6.66. The lowest BCUT2D eigenvalue weighted by molar-refractivity contribution is 0.345. The van der Waals surface area contributed by atoms with Gasteiger partial charge in [0.1, 0.15) is 11.0 Å². The molecule has 2 rings (SSSR count). The molecular formula is C12H19ClN4. The van der Waals surface area contributed by atoms with Gasteiger partial charge in [-0.2, -0.15) is 0 Å². The third-order valence-corrected chi connectivity index (χ3v) is 3.40. The number of hydrogen-bond donors (Lipinski definition) is 2. The molecule has 2 heterocycles. The van der Waals surface area contributed by atoms with Crippen LogP contribution in [0.15, 0.2) is 12.1 Å². The number of rotatable bonds is 4. The van der Waals surface area contributed by atoms with Gasteiger partial charge in [-0.1, -0.05) is 18.5 Å². The van der Waals surface area contributed by atoms with Gasteiger partial charge in [0.15, 0.2) is 0 Å². The van der Waals surface area contributed by atoms with Gasteiger partial charge < -0.3 is 16.0 Å². The Hall–Kier alpha value is -1.00. The van der Waals surface area contributed by atoms with Crippen molar-refractivity contribution >= 4 is 23.1 Å². The minimum atomic E-state index is 0.439. The fourth-order valence-electron chi connectivity index (χ4n) is 2.22. The summed E-state index contributed by atoms with van der Waals surface area (Å²) in [5.41, 5.74) is 6.36. The Balaban J connectivity index is 1.85. The van der Waals surface area contributed by atoms with Crippen LogP contribution in [0, 0.1) is 5.92 Å². The van der Waals surface area contributed by atoms with Gasteiger partial charge in [-0.05, 0) is 31.5 Å². The minimum Gasteiger partial charge on any atom is -0.399 e. The van der Waals surface area contributed by atoms with E-state index in [2.05, 4.69) is 22.1 Å². The molecule has 1 aromatic rings. The third kappa shape index (κ3) is 3.48. The molecule has 4 nitrogen and oxygen atoms in total. The minimum absolute atomic E-state index is 0.439. The van der Waals surface area contributed by atoms with Crippen molar-refractivity contribution in [3.8, 4) is 0 Å². The highest BCUT2D eigenvalue weighted by Crippen LogP contribution is 2.19. The fraction of sp³-hybridized carbons (Fsp3) is 0.583. The summed E-state index contributed by atoms with van der Waals surface area (Å²) < 4.78 is 0. The molecule has 0 spiro atoms. The maximum atomic E-state index is 5.85. The Morgan fingerprint density at radius 3 is 3.06 bits per heavy atom. The molecule has 1 unspecified atom stereocenters. The molecule has 0 saturated carbocycles. The van der Waals surface area contributed by atoms with Crippen molar-refractivity contribution in [3.05, 3.63) is 17.3 Å². The number of nitrogens with zero attached hydrogens (tertiary/aromatic N) is 2. The first-order valence-electron chi connectivity index (χ1n) is 6.06. The number of hydrogen-bond acceptors (Lipinski definition) is 4. The Kier molecular flexibility index (Phi) is 4.07. The van der Waals surface area contributed by atoms with E-state index in [4.69, 9.17) is 17.3 Å². The van der Waals surface area contributed by atoms with Crippen LogP contribution in [0.25, 0.3) is 0 Å². The molecular weight excluding hydrogens is 236 g/mol. The van der Waals surface area contributed by atoms with E-state index in [-0.39, 0.29) is 0 Å². The zero-order valence-corrected chi connectivity index (χ0v) is 10.9.